The van der Waals surface area contributed by atoms with E-state index in [2.05, 4.69) is 20.4 Å². The average Bonchev–Trinajstić information content (AvgIpc) is 3.18. The summed E-state index contributed by atoms with van der Waals surface area (Å²) in [5.41, 5.74) is -0.206. The topological polar surface area (TPSA) is 92.7 Å². The maximum atomic E-state index is 12.9. The molecule has 0 aliphatic heterocycles. The van der Waals surface area contributed by atoms with Crippen molar-refractivity contribution in [2.24, 2.45) is 0 Å². The Bertz CT molecular complexity index is 1330. The number of aromatic nitrogens is 4. The largest absolute Gasteiger partial charge is 0.416 e. The van der Waals surface area contributed by atoms with E-state index in [1.807, 2.05) is 30.3 Å². The van der Waals surface area contributed by atoms with Gasteiger partial charge in [-0.05, 0) is 37.3 Å². The molecular weight excluding hydrogens is 443 g/mol. The van der Waals surface area contributed by atoms with Crippen molar-refractivity contribution in [2.75, 3.05) is 5.32 Å². The van der Waals surface area contributed by atoms with Gasteiger partial charge in [0.25, 0.3) is 5.56 Å². The molecule has 4 aromatic rings. The zero-order valence-corrected chi connectivity index (χ0v) is 17.4. The van der Waals surface area contributed by atoms with Crippen molar-refractivity contribution in [2.45, 2.75) is 23.5 Å². The summed E-state index contributed by atoms with van der Waals surface area (Å²) in [5, 5.41) is 6.41. The number of aromatic amines is 1. The number of carbonyl (C=O) groups excluding carboxylic acids is 1. The van der Waals surface area contributed by atoms with Crippen LogP contribution in [0.2, 0.25) is 0 Å². The number of hydrogen-bond donors (Lipinski definition) is 2. The lowest BCUT2D eigenvalue weighted by Gasteiger charge is -2.13. The fourth-order valence-corrected chi connectivity index (χ4v) is 3.74. The molecule has 164 valence electrons. The standard InChI is InChI=1S/C21H16F3N5O2S/c1-12(18(30)26-14-7-5-6-13(10-14)21(22,23)24)32-20-27-17-16(19(31)28-20)11-25-29(17)15-8-3-2-4-9-15/h2-12H,1H3,(H,26,30)(H,27,28,31). The first-order valence-electron chi connectivity index (χ1n) is 9.40. The number of para-hydroxylation sites is 1. The van der Waals surface area contributed by atoms with Crippen LogP contribution < -0.4 is 10.9 Å². The molecule has 32 heavy (non-hydrogen) atoms. The van der Waals surface area contributed by atoms with E-state index in [0.29, 0.717) is 16.7 Å². The van der Waals surface area contributed by atoms with Gasteiger partial charge in [-0.15, -0.1) is 0 Å². The van der Waals surface area contributed by atoms with Gasteiger partial charge >= 0.3 is 6.18 Å². The molecule has 1 amide bonds. The molecule has 0 aliphatic carbocycles. The second kappa shape index (κ2) is 8.50. The number of amides is 1. The molecule has 4 rings (SSSR count). The van der Waals surface area contributed by atoms with E-state index in [1.54, 1.807) is 6.92 Å². The highest BCUT2D eigenvalue weighted by Gasteiger charge is 2.30. The van der Waals surface area contributed by atoms with Gasteiger partial charge in [-0.2, -0.15) is 18.3 Å². The van der Waals surface area contributed by atoms with Crippen LogP contribution in [0, 0.1) is 0 Å². The Morgan fingerprint density at radius 1 is 1.16 bits per heavy atom. The van der Waals surface area contributed by atoms with Crippen LogP contribution in [0.15, 0.2) is 70.7 Å². The van der Waals surface area contributed by atoms with Crippen molar-refractivity contribution in [1.82, 2.24) is 19.7 Å². The second-order valence-corrected chi connectivity index (χ2v) is 8.16. The number of nitrogens with zero attached hydrogens (tertiary/aromatic N) is 3. The monoisotopic (exact) mass is 459 g/mol. The zero-order chi connectivity index (χ0) is 22.9. The lowest BCUT2D eigenvalue weighted by molar-refractivity contribution is -0.137. The van der Waals surface area contributed by atoms with Crippen molar-refractivity contribution < 1.29 is 18.0 Å². The summed E-state index contributed by atoms with van der Waals surface area (Å²) in [5.74, 6) is -0.534. The maximum absolute atomic E-state index is 12.9. The number of anilines is 1. The molecule has 2 aromatic carbocycles. The normalized spacial score (nSPS) is 12.6. The molecule has 2 heterocycles. The first-order chi connectivity index (χ1) is 15.2. The number of fused-ring (bicyclic) bond motifs is 1. The van der Waals surface area contributed by atoms with Crippen molar-refractivity contribution in [1.29, 1.82) is 0 Å². The highest BCUT2D eigenvalue weighted by atomic mass is 32.2. The molecular formula is C21H16F3N5O2S. The van der Waals surface area contributed by atoms with Crippen LogP contribution in [-0.4, -0.2) is 30.9 Å². The summed E-state index contributed by atoms with van der Waals surface area (Å²) in [6.07, 6.45) is -3.10. The van der Waals surface area contributed by atoms with Gasteiger partial charge in [-0.3, -0.25) is 9.59 Å². The van der Waals surface area contributed by atoms with E-state index in [4.69, 9.17) is 0 Å². The first-order valence-corrected chi connectivity index (χ1v) is 10.3. The number of alkyl halides is 3. The van der Waals surface area contributed by atoms with Gasteiger partial charge < -0.3 is 10.3 Å². The van der Waals surface area contributed by atoms with E-state index < -0.39 is 28.5 Å². The van der Waals surface area contributed by atoms with Crippen molar-refractivity contribution in [3.8, 4) is 5.69 Å². The quantitative estimate of drug-likeness (QED) is 0.344. The van der Waals surface area contributed by atoms with E-state index in [9.17, 15) is 22.8 Å². The fourth-order valence-electron chi connectivity index (χ4n) is 2.95. The third kappa shape index (κ3) is 4.52. The van der Waals surface area contributed by atoms with Crippen LogP contribution in [0.3, 0.4) is 0 Å². The highest BCUT2D eigenvalue weighted by Crippen LogP contribution is 2.31. The van der Waals surface area contributed by atoms with E-state index in [0.717, 1.165) is 23.9 Å². The van der Waals surface area contributed by atoms with Gasteiger partial charge in [-0.1, -0.05) is 36.0 Å². The van der Waals surface area contributed by atoms with Crippen LogP contribution in [0.5, 0.6) is 0 Å². The van der Waals surface area contributed by atoms with Crippen LogP contribution in [0.25, 0.3) is 16.7 Å². The molecule has 0 fully saturated rings. The molecule has 1 atom stereocenters. The predicted molar refractivity (Wildman–Crippen MR) is 115 cm³/mol. The summed E-state index contributed by atoms with van der Waals surface area (Å²) in [6.45, 7) is 1.56. The summed E-state index contributed by atoms with van der Waals surface area (Å²) in [4.78, 5) is 32.0. The van der Waals surface area contributed by atoms with Gasteiger partial charge in [-0.25, -0.2) is 9.67 Å². The van der Waals surface area contributed by atoms with E-state index >= 15 is 0 Å². The Labute approximate surface area is 183 Å². The zero-order valence-electron chi connectivity index (χ0n) is 16.6. The molecule has 0 radical (unpaired) electrons. The summed E-state index contributed by atoms with van der Waals surface area (Å²) in [7, 11) is 0. The molecule has 0 bridgehead atoms. The number of thioether (sulfide) groups is 1. The lowest BCUT2D eigenvalue weighted by Crippen LogP contribution is -2.23. The maximum Gasteiger partial charge on any atom is 0.416 e. The van der Waals surface area contributed by atoms with Gasteiger partial charge in [0.2, 0.25) is 5.91 Å². The van der Waals surface area contributed by atoms with Crippen molar-refractivity contribution >= 4 is 34.4 Å². The number of H-pyrrole nitrogens is 1. The molecule has 0 aliphatic rings. The average molecular weight is 459 g/mol. The number of carbonyl (C=O) groups is 1. The minimum Gasteiger partial charge on any atom is -0.325 e. The van der Waals surface area contributed by atoms with Gasteiger partial charge in [0.1, 0.15) is 5.39 Å². The summed E-state index contributed by atoms with van der Waals surface area (Å²) >= 11 is 0.975. The molecule has 0 saturated carbocycles. The number of halogens is 3. The molecule has 0 spiro atoms. The second-order valence-electron chi connectivity index (χ2n) is 6.83. The Morgan fingerprint density at radius 2 is 1.91 bits per heavy atom. The SMILES string of the molecule is CC(Sc1nc2c(cnn2-c2ccccc2)c(=O)[nH]1)C(=O)Nc1cccc(C(F)(F)F)c1. The Kier molecular flexibility index (Phi) is 5.74. The van der Waals surface area contributed by atoms with Crippen molar-refractivity contribution in [3.05, 3.63) is 76.7 Å². The third-order valence-electron chi connectivity index (χ3n) is 4.53. The number of nitrogens with one attached hydrogen (secondary N) is 2. The number of hydrogen-bond acceptors (Lipinski definition) is 5. The highest BCUT2D eigenvalue weighted by molar-refractivity contribution is 8.00. The van der Waals surface area contributed by atoms with Crippen molar-refractivity contribution in [3.63, 3.8) is 0 Å². The van der Waals surface area contributed by atoms with Gasteiger partial charge in [0.15, 0.2) is 10.8 Å². The Hall–Kier alpha value is -3.60. The minimum absolute atomic E-state index is 0.0244. The third-order valence-corrected chi connectivity index (χ3v) is 5.52. The molecule has 11 heteroatoms. The number of rotatable bonds is 5. The smallest absolute Gasteiger partial charge is 0.325 e. The summed E-state index contributed by atoms with van der Waals surface area (Å²) < 4.78 is 40.2. The van der Waals surface area contributed by atoms with E-state index in [-0.39, 0.29) is 10.8 Å². The molecule has 0 saturated heterocycles. The lowest BCUT2D eigenvalue weighted by atomic mass is 10.2. The molecule has 2 N–H and O–H groups in total. The fraction of sp³-hybridized carbons (Fsp3) is 0.143. The van der Waals surface area contributed by atoms with Gasteiger partial charge in [0.05, 0.1) is 22.7 Å². The van der Waals surface area contributed by atoms with Crippen LogP contribution in [-0.2, 0) is 11.0 Å². The van der Waals surface area contributed by atoms with Gasteiger partial charge in [0, 0.05) is 5.69 Å². The van der Waals surface area contributed by atoms with Crippen LogP contribution in [0.1, 0.15) is 12.5 Å². The van der Waals surface area contributed by atoms with Crippen LogP contribution in [0.4, 0.5) is 18.9 Å². The molecule has 1 unspecified atom stereocenters. The first kappa shape index (κ1) is 21.6. The minimum atomic E-state index is -4.51. The predicted octanol–water partition coefficient (Wildman–Crippen LogP) is 4.25. The Morgan fingerprint density at radius 3 is 2.62 bits per heavy atom. The number of benzene rings is 2. The molecule has 7 nitrogen and oxygen atoms in total. The summed E-state index contributed by atoms with van der Waals surface area (Å²) in [6, 6.07) is 13.5. The molecule has 2 aromatic heterocycles. The van der Waals surface area contributed by atoms with Crippen LogP contribution >= 0.6 is 11.8 Å². The Balaban J connectivity index is 1.55. The van der Waals surface area contributed by atoms with E-state index in [1.165, 1.54) is 23.0 Å².